The molecule has 0 bridgehead atoms. The van der Waals surface area contributed by atoms with Crippen molar-refractivity contribution < 1.29 is 25.0 Å². The molecule has 1 aromatic heterocycles. The van der Waals surface area contributed by atoms with Gasteiger partial charge in [0.1, 0.15) is 11.9 Å². The Balaban J connectivity index is 2.02. The smallest absolute Gasteiger partial charge is 0.268 e. The van der Waals surface area contributed by atoms with E-state index >= 15 is 0 Å². The van der Waals surface area contributed by atoms with Crippen molar-refractivity contribution in [2.75, 3.05) is 18.5 Å². The standard InChI is InChI=1S/C20H22N4O5/c1-13(26)18(20(28)24-29)23-19(27)16-7-4-14(5-8-16)2-3-15-6-9-17(22-12-15)21-10-11-25/h4-9,12-13,18,25-26,29H,10-11H2,1H3,(H,21,22)(H,23,27)(H,24,28)/t13-,18+/m1/s1. The van der Waals surface area contributed by atoms with Crippen LogP contribution in [0.25, 0.3) is 0 Å². The third kappa shape index (κ3) is 6.58. The van der Waals surface area contributed by atoms with Gasteiger partial charge in [-0.3, -0.25) is 14.8 Å². The van der Waals surface area contributed by atoms with Crippen LogP contribution in [-0.2, 0) is 4.79 Å². The highest BCUT2D eigenvalue weighted by atomic mass is 16.5. The lowest BCUT2D eigenvalue weighted by Gasteiger charge is -2.19. The summed E-state index contributed by atoms with van der Waals surface area (Å²) in [4.78, 5) is 27.9. The Morgan fingerprint density at radius 1 is 1.10 bits per heavy atom. The van der Waals surface area contributed by atoms with Crippen LogP contribution in [0.1, 0.15) is 28.4 Å². The van der Waals surface area contributed by atoms with Gasteiger partial charge in [-0.2, -0.15) is 0 Å². The highest BCUT2D eigenvalue weighted by molar-refractivity contribution is 5.97. The van der Waals surface area contributed by atoms with Crippen molar-refractivity contribution in [2.45, 2.75) is 19.1 Å². The number of carbonyl (C=O) groups excluding carboxylic acids is 2. The van der Waals surface area contributed by atoms with Gasteiger partial charge in [0.2, 0.25) is 0 Å². The molecule has 2 rings (SSSR count). The molecule has 0 aliphatic heterocycles. The number of aliphatic hydroxyl groups excluding tert-OH is 2. The zero-order chi connectivity index (χ0) is 21.2. The molecular formula is C20H22N4O5. The minimum Gasteiger partial charge on any atom is -0.395 e. The van der Waals surface area contributed by atoms with Crippen LogP contribution in [0.4, 0.5) is 5.82 Å². The van der Waals surface area contributed by atoms with Gasteiger partial charge in [-0.25, -0.2) is 10.5 Å². The molecule has 0 unspecified atom stereocenters. The number of nitrogens with one attached hydrogen (secondary N) is 3. The van der Waals surface area contributed by atoms with Crippen molar-refractivity contribution >= 4 is 17.6 Å². The summed E-state index contributed by atoms with van der Waals surface area (Å²) in [5.41, 5.74) is 3.05. The molecule has 0 saturated heterocycles. The van der Waals surface area contributed by atoms with Gasteiger partial charge >= 0.3 is 0 Å². The molecule has 0 radical (unpaired) electrons. The summed E-state index contributed by atoms with van der Waals surface area (Å²) < 4.78 is 0. The number of benzene rings is 1. The van der Waals surface area contributed by atoms with E-state index in [2.05, 4.69) is 27.5 Å². The fourth-order valence-electron chi connectivity index (χ4n) is 2.30. The molecule has 0 aliphatic rings. The van der Waals surface area contributed by atoms with Gasteiger partial charge in [0.05, 0.1) is 12.7 Å². The van der Waals surface area contributed by atoms with E-state index in [1.807, 2.05) is 0 Å². The van der Waals surface area contributed by atoms with Gasteiger partial charge in [-0.15, -0.1) is 0 Å². The van der Waals surface area contributed by atoms with Crippen molar-refractivity contribution in [3.8, 4) is 11.8 Å². The maximum absolute atomic E-state index is 12.2. The summed E-state index contributed by atoms with van der Waals surface area (Å²) in [5, 5.41) is 32.3. The molecule has 0 saturated carbocycles. The molecule has 152 valence electrons. The largest absolute Gasteiger partial charge is 0.395 e. The van der Waals surface area contributed by atoms with Crippen LogP contribution in [-0.4, -0.2) is 57.5 Å². The van der Waals surface area contributed by atoms with Crippen LogP contribution in [0.15, 0.2) is 42.6 Å². The second kappa shape index (κ2) is 10.8. The number of rotatable bonds is 7. The molecule has 1 heterocycles. The number of aliphatic hydroxyl groups is 2. The zero-order valence-electron chi connectivity index (χ0n) is 15.7. The van der Waals surface area contributed by atoms with Crippen LogP contribution in [0.5, 0.6) is 0 Å². The molecule has 6 N–H and O–H groups in total. The van der Waals surface area contributed by atoms with Crippen LogP contribution in [0.2, 0.25) is 0 Å². The third-order valence-electron chi connectivity index (χ3n) is 3.84. The normalized spacial score (nSPS) is 12.1. The van der Waals surface area contributed by atoms with E-state index in [4.69, 9.17) is 10.3 Å². The van der Waals surface area contributed by atoms with Crippen molar-refractivity contribution in [3.63, 3.8) is 0 Å². The summed E-state index contributed by atoms with van der Waals surface area (Å²) in [6.45, 7) is 1.76. The van der Waals surface area contributed by atoms with Crippen molar-refractivity contribution in [1.29, 1.82) is 0 Å². The third-order valence-corrected chi connectivity index (χ3v) is 3.84. The monoisotopic (exact) mass is 398 g/mol. The molecule has 2 aromatic rings. The molecule has 9 nitrogen and oxygen atoms in total. The molecule has 0 spiro atoms. The van der Waals surface area contributed by atoms with Gasteiger partial charge < -0.3 is 20.8 Å². The molecular weight excluding hydrogens is 376 g/mol. The van der Waals surface area contributed by atoms with Gasteiger partial charge in [-0.1, -0.05) is 11.8 Å². The average Bonchev–Trinajstić information content (AvgIpc) is 2.74. The van der Waals surface area contributed by atoms with Crippen molar-refractivity contribution in [3.05, 3.63) is 59.3 Å². The number of hydrogen-bond acceptors (Lipinski definition) is 7. The van der Waals surface area contributed by atoms with E-state index in [-0.39, 0.29) is 12.2 Å². The lowest BCUT2D eigenvalue weighted by molar-refractivity contribution is -0.133. The SMILES string of the molecule is C[C@@H](O)[C@H](NC(=O)c1ccc(C#Cc2ccc(NCCO)nc2)cc1)C(=O)NO. The molecule has 1 aromatic carbocycles. The maximum Gasteiger partial charge on any atom is 0.268 e. The average molecular weight is 398 g/mol. The van der Waals surface area contributed by atoms with Crippen LogP contribution >= 0.6 is 0 Å². The minimum absolute atomic E-state index is 0.0194. The molecule has 0 aliphatic carbocycles. The highest BCUT2D eigenvalue weighted by Crippen LogP contribution is 2.07. The lowest BCUT2D eigenvalue weighted by atomic mass is 10.1. The first-order chi connectivity index (χ1) is 13.9. The summed E-state index contributed by atoms with van der Waals surface area (Å²) in [7, 11) is 0. The number of carbonyl (C=O) groups is 2. The topological polar surface area (TPSA) is 144 Å². The van der Waals surface area contributed by atoms with E-state index in [0.29, 0.717) is 23.5 Å². The number of amides is 2. The Labute approximate surface area is 167 Å². The Bertz CT molecular complexity index is 886. The second-order valence-electron chi connectivity index (χ2n) is 6.08. The van der Waals surface area contributed by atoms with Gasteiger partial charge in [0.15, 0.2) is 0 Å². The second-order valence-corrected chi connectivity index (χ2v) is 6.08. The number of nitrogens with zero attached hydrogens (tertiary/aromatic N) is 1. The molecule has 2 atom stereocenters. The minimum atomic E-state index is -1.28. The summed E-state index contributed by atoms with van der Waals surface area (Å²) >= 11 is 0. The molecule has 2 amide bonds. The van der Waals surface area contributed by atoms with E-state index < -0.39 is 24.0 Å². The first-order valence-electron chi connectivity index (χ1n) is 8.80. The summed E-state index contributed by atoms with van der Waals surface area (Å²) in [6, 6.07) is 8.64. The zero-order valence-corrected chi connectivity index (χ0v) is 15.7. The van der Waals surface area contributed by atoms with Crippen LogP contribution in [0.3, 0.4) is 0 Å². The van der Waals surface area contributed by atoms with E-state index in [1.165, 1.54) is 24.5 Å². The number of pyridine rings is 1. The fraction of sp³-hybridized carbons (Fsp3) is 0.250. The number of hydrogen-bond donors (Lipinski definition) is 6. The molecule has 0 fully saturated rings. The van der Waals surface area contributed by atoms with Crippen LogP contribution in [0, 0.1) is 11.8 Å². The Hall–Kier alpha value is -3.45. The molecule has 9 heteroatoms. The quantitative estimate of drug-likeness (QED) is 0.217. The van der Waals surface area contributed by atoms with Crippen LogP contribution < -0.4 is 16.1 Å². The fourth-order valence-corrected chi connectivity index (χ4v) is 2.30. The highest BCUT2D eigenvalue weighted by Gasteiger charge is 2.25. The lowest BCUT2D eigenvalue weighted by Crippen LogP contribution is -2.51. The van der Waals surface area contributed by atoms with E-state index in [9.17, 15) is 14.7 Å². The summed E-state index contributed by atoms with van der Waals surface area (Å²) in [6.07, 6.45) is 0.423. The maximum atomic E-state index is 12.2. The Morgan fingerprint density at radius 2 is 1.76 bits per heavy atom. The molecule has 29 heavy (non-hydrogen) atoms. The number of aromatic nitrogens is 1. The predicted molar refractivity (Wildman–Crippen MR) is 105 cm³/mol. The van der Waals surface area contributed by atoms with Gasteiger partial charge in [0, 0.05) is 29.4 Å². The Kier molecular flexibility index (Phi) is 8.12. The predicted octanol–water partition coefficient (Wildman–Crippen LogP) is -0.130. The van der Waals surface area contributed by atoms with Crippen molar-refractivity contribution in [2.24, 2.45) is 0 Å². The first-order valence-corrected chi connectivity index (χ1v) is 8.80. The first kappa shape index (κ1) is 21.8. The Morgan fingerprint density at radius 3 is 2.31 bits per heavy atom. The number of anilines is 1. The van der Waals surface area contributed by atoms with E-state index in [0.717, 1.165) is 0 Å². The van der Waals surface area contributed by atoms with Gasteiger partial charge in [0.25, 0.3) is 11.8 Å². The van der Waals surface area contributed by atoms with Gasteiger partial charge in [-0.05, 0) is 43.3 Å². The summed E-state index contributed by atoms with van der Waals surface area (Å²) in [5.74, 6) is 5.07. The van der Waals surface area contributed by atoms with E-state index in [1.54, 1.807) is 30.5 Å². The number of hydroxylamine groups is 1. The van der Waals surface area contributed by atoms with Crippen molar-refractivity contribution in [1.82, 2.24) is 15.8 Å².